The molecule has 0 unspecified atom stereocenters. The fourth-order valence-electron chi connectivity index (χ4n) is 1.59. The molecule has 0 amide bonds. The molecule has 2 aromatic rings. The predicted octanol–water partition coefficient (Wildman–Crippen LogP) is 4.98. The molecule has 4 heteroatoms. The van der Waals surface area contributed by atoms with Crippen molar-refractivity contribution >= 4 is 28.4 Å². The summed E-state index contributed by atoms with van der Waals surface area (Å²) in [6.07, 6.45) is -3.55. The Kier molecular flexibility index (Phi) is 3.11. The first-order chi connectivity index (χ1) is 7.98. The minimum absolute atomic E-state index is 0.463. The molecule has 0 saturated heterocycles. The lowest BCUT2D eigenvalue weighted by atomic mass is 10.0. The maximum atomic E-state index is 12.3. The quantitative estimate of drug-likeness (QED) is 0.675. The number of hydrogen-bond acceptors (Lipinski definition) is 0. The average Bonchev–Trinajstić information content (AvgIpc) is 2.28. The Labute approximate surface area is 101 Å². The summed E-state index contributed by atoms with van der Waals surface area (Å²) in [5.74, 6) is 0. The molecule has 0 aliphatic carbocycles. The topological polar surface area (TPSA) is 0 Å². The van der Waals surface area contributed by atoms with E-state index in [9.17, 15) is 13.2 Å². The van der Waals surface area contributed by atoms with Crippen molar-refractivity contribution in [2.75, 3.05) is 0 Å². The zero-order valence-electron chi connectivity index (χ0n) is 8.63. The van der Waals surface area contributed by atoms with Crippen LogP contribution in [0.5, 0.6) is 0 Å². The fourth-order valence-corrected chi connectivity index (χ4v) is 1.71. The van der Waals surface area contributed by atoms with Crippen LogP contribution in [0.2, 0.25) is 0 Å². The van der Waals surface area contributed by atoms with E-state index in [0.717, 1.165) is 16.8 Å². The van der Waals surface area contributed by atoms with E-state index in [-0.39, 0.29) is 0 Å². The highest BCUT2D eigenvalue weighted by molar-refractivity contribution is 6.32. The van der Waals surface area contributed by atoms with Crippen molar-refractivity contribution in [3.8, 4) is 0 Å². The molecule has 0 aliphatic heterocycles. The van der Waals surface area contributed by atoms with Crippen LogP contribution in [0.25, 0.3) is 16.8 Å². The van der Waals surface area contributed by atoms with Gasteiger partial charge in [-0.1, -0.05) is 54.1 Å². The zero-order chi connectivity index (χ0) is 12.5. The maximum absolute atomic E-state index is 12.3. The normalized spacial score (nSPS) is 13.1. The Bertz CT molecular complexity index is 565. The molecule has 0 aliphatic rings. The molecule has 0 N–H and O–H groups in total. The third kappa shape index (κ3) is 2.61. The molecule has 0 atom stereocenters. The van der Waals surface area contributed by atoms with Crippen LogP contribution in [0, 0.1) is 0 Å². The number of benzene rings is 2. The first kappa shape index (κ1) is 12.0. The van der Waals surface area contributed by atoms with Crippen LogP contribution in [0.3, 0.4) is 0 Å². The van der Waals surface area contributed by atoms with E-state index in [1.807, 2.05) is 18.2 Å². The zero-order valence-corrected chi connectivity index (χ0v) is 9.39. The van der Waals surface area contributed by atoms with Gasteiger partial charge in [0.25, 0.3) is 0 Å². The van der Waals surface area contributed by atoms with E-state index in [1.165, 1.54) is 0 Å². The number of hydrogen-bond donors (Lipinski definition) is 0. The minimum Gasteiger partial charge on any atom is -0.165 e. The Morgan fingerprint density at radius 1 is 1.00 bits per heavy atom. The Balaban J connectivity index is 2.57. The van der Waals surface area contributed by atoms with Gasteiger partial charge in [-0.3, -0.25) is 0 Å². The van der Waals surface area contributed by atoms with Gasteiger partial charge in [-0.2, -0.15) is 13.2 Å². The standard InChI is InChI=1S/C13H8ClF3/c14-12(13(15,16)17)8-10-6-3-5-9-4-1-2-7-11(9)10/h1-8H/b12-8-. The molecule has 0 heterocycles. The fraction of sp³-hybridized carbons (Fsp3) is 0.0769. The van der Waals surface area contributed by atoms with Crippen LogP contribution in [0.15, 0.2) is 47.5 Å². The summed E-state index contributed by atoms with van der Waals surface area (Å²) in [7, 11) is 0. The van der Waals surface area contributed by atoms with Crippen molar-refractivity contribution in [2.24, 2.45) is 0 Å². The summed E-state index contributed by atoms with van der Waals surface area (Å²) < 4.78 is 37.0. The highest BCUT2D eigenvalue weighted by atomic mass is 35.5. The number of halogens is 4. The molecule has 0 nitrogen and oxygen atoms in total. The lowest BCUT2D eigenvalue weighted by Crippen LogP contribution is -2.06. The van der Waals surface area contributed by atoms with Crippen molar-refractivity contribution in [3.63, 3.8) is 0 Å². The lowest BCUT2D eigenvalue weighted by Gasteiger charge is -2.06. The van der Waals surface area contributed by atoms with Gasteiger partial charge in [-0.25, -0.2) is 0 Å². The molecule has 17 heavy (non-hydrogen) atoms. The van der Waals surface area contributed by atoms with E-state index < -0.39 is 11.2 Å². The number of fused-ring (bicyclic) bond motifs is 1. The van der Waals surface area contributed by atoms with Gasteiger partial charge in [0.2, 0.25) is 0 Å². The SMILES string of the molecule is FC(F)(F)/C(Cl)=C/c1cccc2ccccc12. The summed E-state index contributed by atoms with van der Waals surface area (Å²) in [4.78, 5) is 0. The molecule has 0 spiro atoms. The summed E-state index contributed by atoms with van der Waals surface area (Å²) >= 11 is 5.23. The van der Waals surface area contributed by atoms with Gasteiger partial charge < -0.3 is 0 Å². The minimum atomic E-state index is -4.50. The smallest absolute Gasteiger partial charge is 0.165 e. The third-order valence-electron chi connectivity index (χ3n) is 2.38. The molecule has 2 aromatic carbocycles. The number of alkyl halides is 3. The van der Waals surface area contributed by atoms with Gasteiger partial charge >= 0.3 is 6.18 Å². The first-order valence-corrected chi connectivity index (χ1v) is 5.28. The van der Waals surface area contributed by atoms with E-state index >= 15 is 0 Å². The van der Waals surface area contributed by atoms with Crippen molar-refractivity contribution in [3.05, 3.63) is 53.1 Å². The highest BCUT2D eigenvalue weighted by Crippen LogP contribution is 2.31. The van der Waals surface area contributed by atoms with Crippen molar-refractivity contribution in [1.29, 1.82) is 0 Å². The van der Waals surface area contributed by atoms with Crippen molar-refractivity contribution < 1.29 is 13.2 Å². The Morgan fingerprint density at radius 2 is 1.65 bits per heavy atom. The maximum Gasteiger partial charge on any atom is 0.426 e. The molecule has 88 valence electrons. The van der Waals surface area contributed by atoms with Crippen LogP contribution in [0.1, 0.15) is 5.56 Å². The summed E-state index contributed by atoms with van der Waals surface area (Å²) in [6.45, 7) is 0. The molecular formula is C13H8ClF3. The average molecular weight is 257 g/mol. The van der Waals surface area contributed by atoms with E-state index in [2.05, 4.69) is 0 Å². The van der Waals surface area contributed by atoms with Crippen molar-refractivity contribution in [2.45, 2.75) is 6.18 Å². The Morgan fingerprint density at radius 3 is 2.35 bits per heavy atom. The largest absolute Gasteiger partial charge is 0.426 e. The first-order valence-electron chi connectivity index (χ1n) is 4.90. The van der Waals surface area contributed by atoms with Crippen LogP contribution in [-0.4, -0.2) is 6.18 Å². The molecule has 0 saturated carbocycles. The van der Waals surface area contributed by atoms with E-state index in [1.54, 1.807) is 24.3 Å². The highest BCUT2D eigenvalue weighted by Gasteiger charge is 2.32. The summed E-state index contributed by atoms with van der Waals surface area (Å²) in [5, 5.41) is 0.513. The Hall–Kier alpha value is -1.48. The van der Waals surface area contributed by atoms with Crippen LogP contribution in [0.4, 0.5) is 13.2 Å². The molecule has 2 rings (SSSR count). The van der Waals surface area contributed by atoms with Crippen molar-refractivity contribution in [1.82, 2.24) is 0 Å². The monoisotopic (exact) mass is 256 g/mol. The predicted molar refractivity (Wildman–Crippen MR) is 63.8 cm³/mol. The molecule has 0 radical (unpaired) electrons. The molecule has 0 bridgehead atoms. The lowest BCUT2D eigenvalue weighted by molar-refractivity contribution is -0.0836. The molecule has 0 fully saturated rings. The van der Waals surface area contributed by atoms with Crippen LogP contribution in [-0.2, 0) is 0 Å². The van der Waals surface area contributed by atoms with Gasteiger partial charge in [0.05, 0.1) is 0 Å². The van der Waals surface area contributed by atoms with Crippen LogP contribution < -0.4 is 0 Å². The van der Waals surface area contributed by atoms with Gasteiger partial charge in [0, 0.05) is 0 Å². The third-order valence-corrected chi connectivity index (χ3v) is 2.70. The van der Waals surface area contributed by atoms with Gasteiger partial charge in [-0.15, -0.1) is 0 Å². The van der Waals surface area contributed by atoms with E-state index in [0.29, 0.717) is 5.56 Å². The van der Waals surface area contributed by atoms with Crippen LogP contribution >= 0.6 is 11.6 Å². The second-order valence-electron chi connectivity index (χ2n) is 3.56. The second kappa shape index (κ2) is 4.41. The van der Waals surface area contributed by atoms with E-state index in [4.69, 9.17) is 11.6 Å². The molecule has 0 aromatic heterocycles. The number of allylic oxidation sites excluding steroid dienone is 1. The second-order valence-corrected chi connectivity index (χ2v) is 3.97. The number of rotatable bonds is 1. The van der Waals surface area contributed by atoms with Gasteiger partial charge in [0.1, 0.15) is 5.03 Å². The van der Waals surface area contributed by atoms with Gasteiger partial charge in [0.15, 0.2) is 0 Å². The summed E-state index contributed by atoms with van der Waals surface area (Å²) in [5.41, 5.74) is 0.463. The molecular weight excluding hydrogens is 249 g/mol. The summed E-state index contributed by atoms with van der Waals surface area (Å²) in [6, 6.07) is 12.4. The van der Waals surface area contributed by atoms with Gasteiger partial charge in [-0.05, 0) is 22.4 Å².